The first-order chi connectivity index (χ1) is 12.7. The van der Waals surface area contributed by atoms with E-state index in [-0.39, 0.29) is 0 Å². The molecule has 0 aliphatic heterocycles. The molecule has 1 aromatic heterocycles. The van der Waals surface area contributed by atoms with Crippen molar-refractivity contribution < 1.29 is 4.74 Å². The van der Waals surface area contributed by atoms with Crippen molar-refractivity contribution in [2.75, 3.05) is 18.0 Å². The molecule has 2 aromatic rings. The molecule has 0 unspecified atom stereocenters. The number of rotatable bonds is 6. The molecule has 3 heteroatoms. The van der Waals surface area contributed by atoms with Gasteiger partial charge in [-0.25, -0.2) is 4.98 Å². The lowest BCUT2D eigenvalue weighted by atomic mass is 10.1. The van der Waals surface area contributed by atoms with Crippen molar-refractivity contribution in [3.63, 3.8) is 0 Å². The van der Waals surface area contributed by atoms with Gasteiger partial charge in [0.1, 0.15) is 5.75 Å². The Hall–Kier alpha value is -2.99. The smallest absolute Gasteiger partial charge is 0.219 e. The predicted molar refractivity (Wildman–Crippen MR) is 108 cm³/mol. The molecule has 0 bridgehead atoms. The Bertz CT molecular complexity index is 993. The molecule has 3 rings (SSSR count). The average molecular weight is 343 g/mol. The number of anilines is 1. The molecule has 1 aliphatic carbocycles. The van der Waals surface area contributed by atoms with Crippen molar-refractivity contribution in [2.45, 2.75) is 19.8 Å². The average Bonchev–Trinajstić information content (AvgIpc) is 2.66. The van der Waals surface area contributed by atoms with Gasteiger partial charge in [0.05, 0.1) is 5.35 Å². The van der Waals surface area contributed by atoms with Crippen LogP contribution in [0.25, 0.3) is 12.2 Å². The van der Waals surface area contributed by atoms with E-state index >= 15 is 0 Å². The molecule has 1 radical (unpaired) electrons. The number of aromatic nitrogens is 1. The van der Waals surface area contributed by atoms with Crippen LogP contribution in [0.4, 0.5) is 5.69 Å². The zero-order valence-electron chi connectivity index (χ0n) is 15.2. The van der Waals surface area contributed by atoms with Gasteiger partial charge in [-0.1, -0.05) is 29.7 Å². The van der Waals surface area contributed by atoms with E-state index in [9.17, 15) is 0 Å². The van der Waals surface area contributed by atoms with Crippen molar-refractivity contribution >= 4 is 17.8 Å². The van der Waals surface area contributed by atoms with Gasteiger partial charge in [0, 0.05) is 30.9 Å². The fourth-order valence-electron chi connectivity index (χ4n) is 2.96. The number of hydrogen-bond acceptors (Lipinski definition) is 3. The number of nitrogens with zero attached hydrogens (tertiary/aromatic N) is 2. The second kappa shape index (κ2) is 8.40. The monoisotopic (exact) mass is 343 g/mol. The van der Waals surface area contributed by atoms with Gasteiger partial charge in [-0.15, -0.1) is 0 Å². The molecule has 1 aromatic carbocycles. The third-order valence-electron chi connectivity index (χ3n) is 4.23. The van der Waals surface area contributed by atoms with Crippen molar-refractivity contribution in [3.8, 4) is 11.6 Å². The Morgan fingerprint density at radius 3 is 2.88 bits per heavy atom. The van der Waals surface area contributed by atoms with Crippen LogP contribution in [0.2, 0.25) is 0 Å². The standard InChI is InChI=1S/C23H23N2O/c1-4-9-18(3)17-25(5-2)20-11-8-12-21(16-20)26-23-15-14-19-10-6-7-13-22(19)24-23/h8,10-16H,1,3,5-7,17H2,2H3. The van der Waals surface area contributed by atoms with E-state index < -0.39 is 0 Å². The van der Waals surface area contributed by atoms with Gasteiger partial charge in [-0.05, 0) is 62.3 Å². The van der Waals surface area contributed by atoms with Crippen LogP contribution in [0.1, 0.15) is 19.8 Å². The molecule has 1 aliphatic rings. The number of pyridine rings is 1. The first-order valence-electron chi connectivity index (χ1n) is 8.86. The lowest BCUT2D eigenvalue weighted by Crippen LogP contribution is -2.29. The van der Waals surface area contributed by atoms with E-state index in [0.29, 0.717) is 12.4 Å². The summed E-state index contributed by atoms with van der Waals surface area (Å²) in [4.78, 5) is 6.81. The van der Waals surface area contributed by atoms with Crippen LogP contribution in [0.3, 0.4) is 0 Å². The fraction of sp³-hybridized carbons (Fsp3) is 0.217. The van der Waals surface area contributed by atoms with Crippen LogP contribution in [-0.4, -0.2) is 18.1 Å². The first kappa shape index (κ1) is 17.8. The highest BCUT2D eigenvalue weighted by molar-refractivity contribution is 5.52. The summed E-state index contributed by atoms with van der Waals surface area (Å²) in [5, 5.41) is 2.18. The third-order valence-corrected chi connectivity index (χ3v) is 4.23. The SMILES string of the molecule is [CH2]C(=C=C=C)CN(CC)c1cccc(Oc2ccc3c(n2)=CCCC=3)c1. The van der Waals surface area contributed by atoms with E-state index in [2.05, 4.69) is 66.1 Å². The summed E-state index contributed by atoms with van der Waals surface area (Å²) in [6, 6.07) is 12.0. The molecule has 1 heterocycles. The molecule has 0 saturated heterocycles. The van der Waals surface area contributed by atoms with E-state index in [4.69, 9.17) is 4.74 Å². The molecule has 0 saturated carbocycles. The zero-order chi connectivity index (χ0) is 18.4. The first-order valence-corrected chi connectivity index (χ1v) is 8.86. The van der Waals surface area contributed by atoms with E-state index in [1.54, 1.807) is 0 Å². The molecule has 3 nitrogen and oxygen atoms in total. The van der Waals surface area contributed by atoms with E-state index in [1.807, 2.05) is 24.3 Å². The number of ether oxygens (including phenoxy) is 1. The van der Waals surface area contributed by atoms with Gasteiger partial charge in [0.25, 0.3) is 0 Å². The summed E-state index contributed by atoms with van der Waals surface area (Å²) in [7, 11) is 0. The van der Waals surface area contributed by atoms with Gasteiger partial charge in [-0.2, -0.15) is 0 Å². The minimum Gasteiger partial charge on any atom is -0.439 e. The molecule has 0 fully saturated rings. The van der Waals surface area contributed by atoms with Crippen molar-refractivity contribution in [3.05, 3.63) is 77.5 Å². The topological polar surface area (TPSA) is 25.4 Å². The van der Waals surface area contributed by atoms with Crippen molar-refractivity contribution in [1.29, 1.82) is 0 Å². The van der Waals surface area contributed by atoms with Crippen molar-refractivity contribution in [2.24, 2.45) is 0 Å². The maximum absolute atomic E-state index is 6.00. The number of hydrogen-bond donors (Lipinski definition) is 0. The molecular weight excluding hydrogens is 320 g/mol. The molecule has 0 N–H and O–H groups in total. The largest absolute Gasteiger partial charge is 0.439 e. The second-order valence-corrected chi connectivity index (χ2v) is 6.13. The maximum atomic E-state index is 6.00. The van der Waals surface area contributed by atoms with E-state index in [0.717, 1.165) is 41.7 Å². The molecule has 0 atom stereocenters. The molecule has 131 valence electrons. The third kappa shape index (κ3) is 4.34. The Kier molecular flexibility index (Phi) is 5.76. The van der Waals surface area contributed by atoms with Crippen LogP contribution in [0.5, 0.6) is 11.6 Å². The molecule has 26 heavy (non-hydrogen) atoms. The highest BCUT2D eigenvalue weighted by Crippen LogP contribution is 2.25. The van der Waals surface area contributed by atoms with Crippen LogP contribution in [0, 0.1) is 6.92 Å². The fourth-order valence-corrected chi connectivity index (χ4v) is 2.96. The summed E-state index contributed by atoms with van der Waals surface area (Å²) in [6.45, 7) is 11.2. The summed E-state index contributed by atoms with van der Waals surface area (Å²) in [6.07, 6.45) is 6.48. The van der Waals surface area contributed by atoms with Gasteiger partial charge in [0.2, 0.25) is 5.88 Å². The Morgan fingerprint density at radius 2 is 2.08 bits per heavy atom. The number of fused-ring (bicyclic) bond motifs is 1. The quantitative estimate of drug-likeness (QED) is 0.747. The summed E-state index contributed by atoms with van der Waals surface area (Å²) >= 11 is 0. The summed E-state index contributed by atoms with van der Waals surface area (Å²) in [5.41, 5.74) is 7.48. The number of likely N-dealkylation sites (N-methyl/N-ethyl adjacent to an activating group) is 1. The van der Waals surface area contributed by atoms with E-state index in [1.165, 1.54) is 5.22 Å². The highest BCUT2D eigenvalue weighted by Gasteiger charge is 2.07. The lowest BCUT2D eigenvalue weighted by molar-refractivity contribution is 0.461. The Morgan fingerprint density at radius 1 is 1.23 bits per heavy atom. The van der Waals surface area contributed by atoms with Crippen LogP contribution in [0.15, 0.2) is 60.0 Å². The zero-order valence-corrected chi connectivity index (χ0v) is 15.2. The van der Waals surface area contributed by atoms with Gasteiger partial charge >= 0.3 is 0 Å². The highest BCUT2D eigenvalue weighted by atomic mass is 16.5. The van der Waals surface area contributed by atoms with Crippen LogP contribution < -0.4 is 20.2 Å². The molecular formula is C23H23N2O. The minimum atomic E-state index is 0.614. The van der Waals surface area contributed by atoms with Crippen LogP contribution >= 0.6 is 0 Å². The van der Waals surface area contributed by atoms with Gasteiger partial charge in [-0.3, -0.25) is 0 Å². The Labute approximate surface area is 155 Å². The summed E-state index contributed by atoms with van der Waals surface area (Å²) < 4.78 is 6.00. The Balaban J connectivity index is 1.83. The molecule has 0 spiro atoms. The predicted octanol–water partition coefficient (Wildman–Crippen LogP) is 3.76. The molecule has 0 amide bonds. The minimum absolute atomic E-state index is 0.614. The normalized spacial score (nSPS) is 11.9. The maximum Gasteiger partial charge on any atom is 0.219 e. The second-order valence-electron chi connectivity index (χ2n) is 6.13. The van der Waals surface area contributed by atoms with Crippen molar-refractivity contribution in [1.82, 2.24) is 4.98 Å². The van der Waals surface area contributed by atoms with Gasteiger partial charge < -0.3 is 9.64 Å². The number of benzene rings is 1. The lowest BCUT2D eigenvalue weighted by Gasteiger charge is -2.23. The van der Waals surface area contributed by atoms with Gasteiger partial charge in [0.15, 0.2) is 0 Å². The summed E-state index contributed by atoms with van der Waals surface area (Å²) in [5.74, 6) is 1.38. The van der Waals surface area contributed by atoms with Crippen LogP contribution in [-0.2, 0) is 0 Å².